The van der Waals surface area contributed by atoms with Crippen molar-refractivity contribution in [2.24, 2.45) is 0 Å². The Kier molecular flexibility index (Phi) is 3.82. The minimum atomic E-state index is -1.31. The van der Waals surface area contributed by atoms with Crippen LogP contribution in [0.3, 0.4) is 0 Å². The van der Waals surface area contributed by atoms with Gasteiger partial charge in [0.25, 0.3) is 0 Å². The van der Waals surface area contributed by atoms with Crippen LogP contribution in [0.25, 0.3) is 11.0 Å². The molecular formula is C17H11F3O3. The standard InChI is InChI=1S/C17H11F3O3/c1-9-13-11(23-17(21)14(9)18)7-12(15(19)16(13)20)22-8-10-5-3-2-4-6-10/h2-7H,8H2,1H3. The lowest BCUT2D eigenvalue weighted by molar-refractivity contribution is 0.285. The van der Waals surface area contributed by atoms with Gasteiger partial charge in [0.05, 0.1) is 5.39 Å². The molecule has 118 valence electrons. The molecule has 0 atom stereocenters. The molecule has 0 fully saturated rings. The van der Waals surface area contributed by atoms with Crippen molar-refractivity contribution in [3.05, 3.63) is 75.4 Å². The maximum absolute atomic E-state index is 14.2. The van der Waals surface area contributed by atoms with Crippen LogP contribution in [-0.4, -0.2) is 0 Å². The molecule has 0 bridgehead atoms. The van der Waals surface area contributed by atoms with Gasteiger partial charge in [-0.05, 0) is 12.5 Å². The summed E-state index contributed by atoms with van der Waals surface area (Å²) in [5, 5.41) is -0.410. The average molecular weight is 320 g/mol. The van der Waals surface area contributed by atoms with E-state index in [1.54, 1.807) is 24.3 Å². The van der Waals surface area contributed by atoms with Crippen molar-refractivity contribution in [3.8, 4) is 5.75 Å². The van der Waals surface area contributed by atoms with Crippen molar-refractivity contribution in [2.75, 3.05) is 0 Å². The number of ether oxygens (including phenoxy) is 1. The minimum Gasteiger partial charge on any atom is -0.486 e. The number of aryl methyl sites for hydroxylation is 1. The molecule has 1 aromatic heterocycles. The molecule has 1 heterocycles. The van der Waals surface area contributed by atoms with Gasteiger partial charge in [0.2, 0.25) is 11.6 Å². The molecule has 3 rings (SSSR count). The molecule has 3 aromatic rings. The molecule has 0 aliphatic carbocycles. The van der Waals surface area contributed by atoms with Gasteiger partial charge in [-0.15, -0.1) is 0 Å². The SMILES string of the molecule is Cc1c(F)c(=O)oc2cc(OCc3ccccc3)c(F)c(F)c12. The fraction of sp³-hybridized carbons (Fsp3) is 0.118. The third kappa shape index (κ3) is 2.67. The predicted octanol–water partition coefficient (Wildman–Crippen LogP) is 4.10. The monoisotopic (exact) mass is 320 g/mol. The third-order valence-electron chi connectivity index (χ3n) is 3.46. The van der Waals surface area contributed by atoms with Gasteiger partial charge in [0.15, 0.2) is 11.6 Å². The summed E-state index contributed by atoms with van der Waals surface area (Å²) in [5.74, 6) is -4.22. The zero-order valence-electron chi connectivity index (χ0n) is 12.0. The molecule has 0 aliphatic heterocycles. The summed E-state index contributed by atoms with van der Waals surface area (Å²) in [6.07, 6.45) is 0. The normalized spacial score (nSPS) is 11.0. The highest BCUT2D eigenvalue weighted by Gasteiger charge is 2.21. The maximum atomic E-state index is 14.2. The molecule has 0 radical (unpaired) electrons. The summed E-state index contributed by atoms with van der Waals surface area (Å²) < 4.78 is 51.7. The van der Waals surface area contributed by atoms with Gasteiger partial charge in [-0.25, -0.2) is 9.18 Å². The van der Waals surface area contributed by atoms with E-state index in [0.29, 0.717) is 0 Å². The fourth-order valence-corrected chi connectivity index (χ4v) is 2.26. The predicted molar refractivity (Wildman–Crippen MR) is 77.9 cm³/mol. The first kappa shape index (κ1) is 15.1. The molecule has 0 N–H and O–H groups in total. The second kappa shape index (κ2) is 5.79. The van der Waals surface area contributed by atoms with Gasteiger partial charge < -0.3 is 9.15 Å². The number of hydrogen-bond acceptors (Lipinski definition) is 3. The zero-order chi connectivity index (χ0) is 16.6. The summed E-state index contributed by atoms with van der Waals surface area (Å²) in [6, 6.07) is 9.93. The van der Waals surface area contributed by atoms with Crippen molar-refractivity contribution >= 4 is 11.0 Å². The zero-order valence-corrected chi connectivity index (χ0v) is 12.0. The van der Waals surface area contributed by atoms with Crippen LogP contribution in [0.5, 0.6) is 5.75 Å². The first-order valence-electron chi connectivity index (χ1n) is 6.76. The summed E-state index contributed by atoms with van der Waals surface area (Å²) in [7, 11) is 0. The van der Waals surface area contributed by atoms with Crippen LogP contribution < -0.4 is 10.4 Å². The van der Waals surface area contributed by atoms with Crippen molar-refractivity contribution in [3.63, 3.8) is 0 Å². The quantitative estimate of drug-likeness (QED) is 0.682. The van der Waals surface area contributed by atoms with Gasteiger partial charge >= 0.3 is 5.63 Å². The van der Waals surface area contributed by atoms with Crippen LogP contribution in [0.15, 0.2) is 45.6 Å². The van der Waals surface area contributed by atoms with Crippen molar-refractivity contribution in [1.82, 2.24) is 0 Å². The Labute approximate surface area is 128 Å². The smallest absolute Gasteiger partial charge is 0.372 e. The van der Waals surface area contributed by atoms with Crippen LogP contribution in [0.4, 0.5) is 13.2 Å². The molecule has 6 heteroatoms. The van der Waals surface area contributed by atoms with Gasteiger partial charge in [-0.3, -0.25) is 0 Å². The molecule has 0 saturated heterocycles. The summed E-state index contributed by atoms with van der Waals surface area (Å²) >= 11 is 0. The lowest BCUT2D eigenvalue weighted by atomic mass is 10.1. The molecule has 0 saturated carbocycles. The fourth-order valence-electron chi connectivity index (χ4n) is 2.26. The van der Waals surface area contributed by atoms with Gasteiger partial charge in [-0.2, -0.15) is 8.78 Å². The topological polar surface area (TPSA) is 39.4 Å². The molecular weight excluding hydrogens is 309 g/mol. The van der Waals surface area contributed by atoms with E-state index in [-0.39, 0.29) is 17.8 Å². The Balaban J connectivity index is 2.07. The number of benzene rings is 2. The second-order valence-electron chi connectivity index (χ2n) is 4.98. The Morgan fingerprint density at radius 1 is 1.04 bits per heavy atom. The van der Waals surface area contributed by atoms with E-state index in [0.717, 1.165) is 11.6 Å². The number of hydrogen-bond donors (Lipinski definition) is 0. The maximum Gasteiger partial charge on any atom is 0.372 e. The molecule has 23 heavy (non-hydrogen) atoms. The van der Waals surface area contributed by atoms with E-state index in [2.05, 4.69) is 4.42 Å². The molecule has 0 unspecified atom stereocenters. The Morgan fingerprint density at radius 3 is 2.43 bits per heavy atom. The van der Waals surface area contributed by atoms with Crippen LogP contribution in [0, 0.1) is 24.4 Å². The van der Waals surface area contributed by atoms with Crippen molar-refractivity contribution in [2.45, 2.75) is 13.5 Å². The highest BCUT2D eigenvalue weighted by molar-refractivity contribution is 5.82. The molecule has 2 aromatic carbocycles. The minimum absolute atomic E-state index is 0.00706. The first-order valence-corrected chi connectivity index (χ1v) is 6.76. The Hall–Kier alpha value is -2.76. The molecule has 0 spiro atoms. The highest BCUT2D eigenvalue weighted by atomic mass is 19.2. The highest BCUT2D eigenvalue weighted by Crippen LogP contribution is 2.31. The van der Waals surface area contributed by atoms with Gasteiger partial charge in [0.1, 0.15) is 12.2 Å². The van der Waals surface area contributed by atoms with E-state index >= 15 is 0 Å². The van der Waals surface area contributed by atoms with E-state index in [1.807, 2.05) is 6.07 Å². The lowest BCUT2D eigenvalue weighted by Crippen LogP contribution is -2.09. The molecule has 0 aliphatic rings. The summed E-state index contributed by atoms with van der Waals surface area (Å²) in [5.41, 5.74) is -1.06. The number of halogens is 3. The Morgan fingerprint density at radius 2 is 1.74 bits per heavy atom. The van der Waals surface area contributed by atoms with E-state index in [4.69, 9.17) is 4.74 Å². The number of rotatable bonds is 3. The first-order chi connectivity index (χ1) is 11.0. The average Bonchev–Trinajstić information content (AvgIpc) is 2.55. The van der Waals surface area contributed by atoms with Crippen LogP contribution >= 0.6 is 0 Å². The van der Waals surface area contributed by atoms with E-state index in [9.17, 15) is 18.0 Å². The largest absolute Gasteiger partial charge is 0.486 e. The molecule has 0 amide bonds. The Bertz CT molecular complexity index is 933. The van der Waals surface area contributed by atoms with Crippen LogP contribution in [-0.2, 0) is 6.61 Å². The van der Waals surface area contributed by atoms with Crippen LogP contribution in [0.1, 0.15) is 11.1 Å². The van der Waals surface area contributed by atoms with Crippen molar-refractivity contribution in [1.29, 1.82) is 0 Å². The number of fused-ring (bicyclic) bond motifs is 1. The molecule has 3 nitrogen and oxygen atoms in total. The van der Waals surface area contributed by atoms with Crippen molar-refractivity contribution < 1.29 is 22.3 Å². The van der Waals surface area contributed by atoms with Gasteiger partial charge in [-0.1, -0.05) is 30.3 Å². The van der Waals surface area contributed by atoms with Crippen LogP contribution in [0.2, 0.25) is 0 Å². The summed E-state index contributed by atoms with van der Waals surface area (Å²) in [6.45, 7) is 1.19. The third-order valence-corrected chi connectivity index (χ3v) is 3.46. The lowest BCUT2D eigenvalue weighted by Gasteiger charge is -2.10. The van der Waals surface area contributed by atoms with E-state index in [1.165, 1.54) is 6.92 Å². The second-order valence-corrected chi connectivity index (χ2v) is 4.98. The van der Waals surface area contributed by atoms with Gasteiger partial charge in [0, 0.05) is 11.6 Å². The van der Waals surface area contributed by atoms with E-state index < -0.39 is 34.2 Å². The summed E-state index contributed by atoms with van der Waals surface area (Å²) in [4.78, 5) is 11.3.